The third-order valence-corrected chi connectivity index (χ3v) is 2.31. The van der Waals surface area contributed by atoms with Crippen LogP contribution in [0.4, 0.5) is 0 Å². The summed E-state index contributed by atoms with van der Waals surface area (Å²) in [6, 6.07) is 1.86. The van der Waals surface area contributed by atoms with Gasteiger partial charge in [0.1, 0.15) is 5.82 Å². The summed E-state index contributed by atoms with van der Waals surface area (Å²) < 4.78 is 0. The Morgan fingerprint density at radius 1 is 1.56 bits per heavy atom. The molecule has 1 aromatic heterocycles. The molecular formula is C11H17N3O2. The summed E-state index contributed by atoms with van der Waals surface area (Å²) in [6.07, 6.45) is 1.89. The molecule has 0 aliphatic carbocycles. The molecule has 0 radical (unpaired) electrons. The fourth-order valence-corrected chi connectivity index (χ4v) is 1.43. The predicted octanol–water partition coefficient (Wildman–Crippen LogP) is 1.08. The second-order valence-electron chi connectivity index (χ2n) is 3.61. The highest BCUT2D eigenvalue weighted by Crippen LogP contribution is 2.02. The van der Waals surface area contributed by atoms with Crippen molar-refractivity contribution < 1.29 is 9.90 Å². The third-order valence-electron chi connectivity index (χ3n) is 2.31. The maximum atomic E-state index is 10.5. The number of rotatable bonds is 6. The van der Waals surface area contributed by atoms with Crippen molar-refractivity contribution in [2.24, 2.45) is 0 Å². The Kier molecular flexibility index (Phi) is 4.85. The number of aromatic nitrogens is 2. The van der Waals surface area contributed by atoms with Gasteiger partial charge in [-0.3, -0.25) is 9.69 Å². The number of carboxylic acid groups (broad SMARTS) is 1. The van der Waals surface area contributed by atoms with Crippen molar-refractivity contribution in [2.45, 2.75) is 26.8 Å². The van der Waals surface area contributed by atoms with Gasteiger partial charge in [-0.05, 0) is 19.5 Å². The van der Waals surface area contributed by atoms with Gasteiger partial charge in [-0.15, -0.1) is 0 Å². The molecule has 1 rings (SSSR count). The molecule has 0 aliphatic rings. The number of carboxylic acids is 1. The molecule has 0 unspecified atom stereocenters. The molecule has 1 N–H and O–H groups in total. The monoisotopic (exact) mass is 223 g/mol. The first-order chi connectivity index (χ1) is 7.61. The molecule has 5 heteroatoms. The topological polar surface area (TPSA) is 66.3 Å². The van der Waals surface area contributed by atoms with Crippen LogP contribution in [0, 0.1) is 6.92 Å². The van der Waals surface area contributed by atoms with E-state index in [4.69, 9.17) is 5.11 Å². The summed E-state index contributed by atoms with van der Waals surface area (Å²) in [7, 11) is 0. The SMILES string of the molecule is CCN(CCC(=O)O)Cc1ccnc(C)n1. The first-order valence-corrected chi connectivity index (χ1v) is 5.34. The van der Waals surface area contributed by atoms with E-state index in [1.807, 2.05) is 19.9 Å². The van der Waals surface area contributed by atoms with Gasteiger partial charge in [-0.2, -0.15) is 0 Å². The zero-order valence-corrected chi connectivity index (χ0v) is 9.68. The van der Waals surface area contributed by atoms with Crippen LogP contribution in [-0.2, 0) is 11.3 Å². The van der Waals surface area contributed by atoms with Crippen molar-refractivity contribution in [1.29, 1.82) is 0 Å². The van der Waals surface area contributed by atoms with Crippen LogP contribution in [-0.4, -0.2) is 39.0 Å². The Hall–Kier alpha value is -1.49. The van der Waals surface area contributed by atoms with Crippen molar-refractivity contribution in [2.75, 3.05) is 13.1 Å². The van der Waals surface area contributed by atoms with Crippen molar-refractivity contribution in [3.8, 4) is 0 Å². The fraction of sp³-hybridized carbons (Fsp3) is 0.545. The van der Waals surface area contributed by atoms with Crippen molar-refractivity contribution in [3.63, 3.8) is 0 Å². The van der Waals surface area contributed by atoms with Crippen molar-refractivity contribution >= 4 is 5.97 Å². The lowest BCUT2D eigenvalue weighted by Gasteiger charge is -2.18. The van der Waals surface area contributed by atoms with Gasteiger partial charge in [0.2, 0.25) is 0 Å². The molecule has 0 amide bonds. The normalized spacial score (nSPS) is 10.7. The van der Waals surface area contributed by atoms with Crippen LogP contribution in [0.15, 0.2) is 12.3 Å². The van der Waals surface area contributed by atoms with E-state index in [-0.39, 0.29) is 6.42 Å². The standard InChI is InChI=1S/C11H17N3O2/c1-3-14(7-5-11(15)16)8-10-4-6-12-9(2)13-10/h4,6H,3,5,7-8H2,1-2H3,(H,15,16). The maximum Gasteiger partial charge on any atom is 0.304 e. The number of nitrogens with zero attached hydrogens (tertiary/aromatic N) is 3. The first kappa shape index (κ1) is 12.6. The summed E-state index contributed by atoms with van der Waals surface area (Å²) in [5, 5.41) is 8.62. The Bertz CT molecular complexity index is 355. The van der Waals surface area contributed by atoms with E-state index in [0.717, 1.165) is 18.1 Å². The van der Waals surface area contributed by atoms with Gasteiger partial charge in [-0.25, -0.2) is 9.97 Å². The van der Waals surface area contributed by atoms with Crippen LogP contribution in [0.3, 0.4) is 0 Å². The van der Waals surface area contributed by atoms with E-state index >= 15 is 0 Å². The highest BCUT2D eigenvalue weighted by Gasteiger charge is 2.07. The largest absolute Gasteiger partial charge is 0.481 e. The average molecular weight is 223 g/mol. The lowest BCUT2D eigenvalue weighted by molar-refractivity contribution is -0.137. The molecule has 0 atom stereocenters. The molecule has 88 valence electrons. The minimum absolute atomic E-state index is 0.165. The Labute approximate surface area is 95.1 Å². The van der Waals surface area contributed by atoms with E-state index < -0.39 is 5.97 Å². The zero-order chi connectivity index (χ0) is 12.0. The van der Waals surface area contributed by atoms with Crippen LogP contribution in [0.2, 0.25) is 0 Å². The highest BCUT2D eigenvalue weighted by molar-refractivity contribution is 5.66. The van der Waals surface area contributed by atoms with Crippen LogP contribution < -0.4 is 0 Å². The minimum atomic E-state index is -0.766. The molecule has 0 fully saturated rings. The zero-order valence-electron chi connectivity index (χ0n) is 9.68. The summed E-state index contributed by atoms with van der Waals surface area (Å²) in [6.45, 7) is 5.89. The van der Waals surface area contributed by atoms with E-state index in [1.54, 1.807) is 6.20 Å². The molecule has 0 aromatic carbocycles. The molecule has 16 heavy (non-hydrogen) atoms. The number of hydrogen-bond acceptors (Lipinski definition) is 4. The quantitative estimate of drug-likeness (QED) is 0.781. The van der Waals surface area contributed by atoms with Crippen molar-refractivity contribution in [1.82, 2.24) is 14.9 Å². The second-order valence-corrected chi connectivity index (χ2v) is 3.61. The van der Waals surface area contributed by atoms with Gasteiger partial charge in [-0.1, -0.05) is 6.92 Å². The van der Waals surface area contributed by atoms with Crippen LogP contribution in [0.1, 0.15) is 24.9 Å². The maximum absolute atomic E-state index is 10.5. The average Bonchev–Trinajstić information content (AvgIpc) is 2.24. The summed E-state index contributed by atoms with van der Waals surface area (Å²) in [5.41, 5.74) is 0.930. The molecular weight excluding hydrogens is 206 g/mol. The molecule has 5 nitrogen and oxygen atoms in total. The van der Waals surface area contributed by atoms with E-state index in [0.29, 0.717) is 13.1 Å². The molecule has 0 saturated heterocycles. The molecule has 1 heterocycles. The number of aryl methyl sites for hydroxylation is 1. The van der Waals surface area contributed by atoms with Crippen molar-refractivity contribution in [3.05, 3.63) is 23.8 Å². The molecule has 0 saturated carbocycles. The molecule has 0 aliphatic heterocycles. The fourth-order valence-electron chi connectivity index (χ4n) is 1.43. The van der Waals surface area contributed by atoms with E-state index in [9.17, 15) is 4.79 Å². The highest BCUT2D eigenvalue weighted by atomic mass is 16.4. The smallest absolute Gasteiger partial charge is 0.304 e. The summed E-state index contributed by atoms with van der Waals surface area (Å²) in [5.74, 6) is -0.0240. The molecule has 0 spiro atoms. The Morgan fingerprint density at radius 3 is 2.88 bits per heavy atom. The molecule has 1 aromatic rings. The Balaban J connectivity index is 2.52. The van der Waals surface area contributed by atoms with Crippen LogP contribution in [0.5, 0.6) is 0 Å². The lowest BCUT2D eigenvalue weighted by atomic mass is 10.3. The lowest BCUT2D eigenvalue weighted by Crippen LogP contribution is -2.26. The summed E-state index contributed by atoms with van der Waals surface area (Å²) >= 11 is 0. The van der Waals surface area contributed by atoms with E-state index in [2.05, 4.69) is 14.9 Å². The summed E-state index contributed by atoms with van der Waals surface area (Å²) in [4.78, 5) is 20.8. The van der Waals surface area contributed by atoms with Crippen LogP contribution >= 0.6 is 0 Å². The van der Waals surface area contributed by atoms with Gasteiger partial charge in [0.15, 0.2) is 0 Å². The van der Waals surface area contributed by atoms with Gasteiger partial charge < -0.3 is 5.11 Å². The van der Waals surface area contributed by atoms with Gasteiger partial charge in [0.25, 0.3) is 0 Å². The predicted molar refractivity (Wildman–Crippen MR) is 60.0 cm³/mol. The number of hydrogen-bond donors (Lipinski definition) is 1. The third kappa shape index (κ3) is 4.35. The molecule has 0 bridgehead atoms. The second kappa shape index (κ2) is 6.17. The van der Waals surface area contributed by atoms with E-state index in [1.165, 1.54) is 0 Å². The van der Waals surface area contributed by atoms with Gasteiger partial charge in [0, 0.05) is 19.3 Å². The minimum Gasteiger partial charge on any atom is -0.481 e. The Morgan fingerprint density at radius 2 is 2.31 bits per heavy atom. The first-order valence-electron chi connectivity index (χ1n) is 5.34. The van der Waals surface area contributed by atoms with Gasteiger partial charge in [0.05, 0.1) is 12.1 Å². The van der Waals surface area contributed by atoms with Gasteiger partial charge >= 0.3 is 5.97 Å². The number of aliphatic carboxylic acids is 1. The number of carbonyl (C=O) groups is 1. The van der Waals surface area contributed by atoms with Crippen LogP contribution in [0.25, 0.3) is 0 Å².